The van der Waals surface area contributed by atoms with E-state index in [2.05, 4.69) is 26.6 Å². The quantitative estimate of drug-likeness (QED) is 0.855. The summed E-state index contributed by atoms with van der Waals surface area (Å²) < 4.78 is 0. The van der Waals surface area contributed by atoms with E-state index in [-0.39, 0.29) is 5.91 Å². The molecule has 1 aliphatic carbocycles. The lowest BCUT2D eigenvalue weighted by molar-refractivity contribution is -0.121. The number of hydrogen-bond acceptors (Lipinski definition) is 5. The summed E-state index contributed by atoms with van der Waals surface area (Å²) in [4.78, 5) is 24.6. The van der Waals surface area contributed by atoms with Crippen molar-refractivity contribution < 1.29 is 4.79 Å². The number of para-hydroxylation sites is 2. The molecule has 0 atom stereocenters. The summed E-state index contributed by atoms with van der Waals surface area (Å²) in [6.07, 6.45) is 5.26. The zero-order chi connectivity index (χ0) is 18.4. The number of nitrogens with one attached hydrogen (secondary N) is 2. The van der Waals surface area contributed by atoms with E-state index in [9.17, 15) is 4.79 Å². The SMILES string of the molecule is Cc1cc(C2CCC2)nc(N2CCC3(CC2)Nc2ccccc2NC3=O)n1. The van der Waals surface area contributed by atoms with Crippen molar-refractivity contribution in [2.75, 3.05) is 28.6 Å². The molecule has 1 aromatic heterocycles. The molecule has 0 bridgehead atoms. The Morgan fingerprint density at radius 1 is 1.11 bits per heavy atom. The first kappa shape index (κ1) is 16.5. The largest absolute Gasteiger partial charge is 0.369 e. The number of rotatable bonds is 2. The highest BCUT2D eigenvalue weighted by molar-refractivity contribution is 6.06. The van der Waals surface area contributed by atoms with E-state index in [0.717, 1.165) is 48.9 Å². The van der Waals surface area contributed by atoms with Crippen LogP contribution in [-0.2, 0) is 4.79 Å². The number of carbonyl (C=O) groups is 1. The normalized spacial score (nSPS) is 21.2. The summed E-state index contributed by atoms with van der Waals surface area (Å²) in [7, 11) is 0. The predicted octanol–water partition coefficient (Wildman–Crippen LogP) is 3.46. The number of piperidine rings is 1. The van der Waals surface area contributed by atoms with Crippen molar-refractivity contribution in [3.05, 3.63) is 41.7 Å². The Morgan fingerprint density at radius 3 is 2.56 bits per heavy atom. The molecule has 140 valence electrons. The lowest BCUT2D eigenvalue weighted by Crippen LogP contribution is -2.58. The molecule has 1 spiro atoms. The van der Waals surface area contributed by atoms with Crippen LogP contribution in [0.1, 0.15) is 49.4 Å². The topological polar surface area (TPSA) is 70.2 Å². The molecule has 27 heavy (non-hydrogen) atoms. The number of carbonyl (C=O) groups excluding carboxylic acids is 1. The summed E-state index contributed by atoms with van der Waals surface area (Å²) >= 11 is 0. The molecule has 5 rings (SSSR count). The van der Waals surface area contributed by atoms with Crippen molar-refractivity contribution >= 4 is 23.2 Å². The zero-order valence-electron chi connectivity index (χ0n) is 15.7. The summed E-state index contributed by atoms with van der Waals surface area (Å²) in [5, 5.41) is 6.59. The third-order valence-electron chi connectivity index (χ3n) is 6.27. The molecule has 0 unspecified atom stereocenters. The second-order valence-electron chi connectivity index (χ2n) is 8.06. The van der Waals surface area contributed by atoms with Gasteiger partial charge in [-0.2, -0.15) is 0 Å². The molecule has 2 fully saturated rings. The first-order chi connectivity index (χ1) is 13.1. The van der Waals surface area contributed by atoms with E-state index >= 15 is 0 Å². The Morgan fingerprint density at radius 2 is 1.85 bits per heavy atom. The fourth-order valence-electron chi connectivity index (χ4n) is 4.33. The molecule has 1 amide bonds. The number of aryl methyl sites for hydroxylation is 1. The van der Waals surface area contributed by atoms with Crippen molar-refractivity contribution in [1.29, 1.82) is 0 Å². The van der Waals surface area contributed by atoms with Crippen molar-refractivity contribution in [3.8, 4) is 0 Å². The summed E-state index contributed by atoms with van der Waals surface area (Å²) in [6.45, 7) is 3.60. The van der Waals surface area contributed by atoms with E-state index in [1.54, 1.807) is 0 Å². The van der Waals surface area contributed by atoms with Crippen LogP contribution < -0.4 is 15.5 Å². The smallest absolute Gasteiger partial charge is 0.250 e. The average molecular weight is 363 g/mol. The summed E-state index contributed by atoms with van der Waals surface area (Å²) in [6, 6.07) is 10.0. The molecule has 2 aliphatic heterocycles. The van der Waals surface area contributed by atoms with Gasteiger partial charge in [0.2, 0.25) is 11.9 Å². The van der Waals surface area contributed by atoms with Crippen LogP contribution in [0, 0.1) is 6.92 Å². The first-order valence-electron chi connectivity index (χ1n) is 9.92. The third kappa shape index (κ3) is 2.83. The number of amides is 1. The molecule has 6 heteroatoms. The van der Waals surface area contributed by atoms with Gasteiger partial charge in [-0.3, -0.25) is 4.79 Å². The number of nitrogens with zero attached hydrogens (tertiary/aromatic N) is 3. The Kier molecular flexibility index (Phi) is 3.81. The first-order valence-corrected chi connectivity index (χ1v) is 9.92. The number of anilines is 3. The van der Waals surface area contributed by atoms with Gasteiger partial charge in [0.05, 0.1) is 11.4 Å². The van der Waals surface area contributed by atoms with Gasteiger partial charge < -0.3 is 15.5 Å². The molecule has 6 nitrogen and oxygen atoms in total. The average Bonchev–Trinajstić information content (AvgIpc) is 2.61. The van der Waals surface area contributed by atoms with Gasteiger partial charge in [-0.05, 0) is 50.8 Å². The Labute approximate surface area is 159 Å². The molecule has 2 N–H and O–H groups in total. The van der Waals surface area contributed by atoms with Gasteiger partial charge in [-0.1, -0.05) is 18.6 Å². The third-order valence-corrected chi connectivity index (χ3v) is 6.27. The van der Waals surface area contributed by atoms with Crippen LogP contribution in [-0.4, -0.2) is 34.5 Å². The highest BCUT2D eigenvalue weighted by Gasteiger charge is 2.44. The van der Waals surface area contributed by atoms with E-state index in [0.29, 0.717) is 5.92 Å². The van der Waals surface area contributed by atoms with Gasteiger partial charge in [-0.25, -0.2) is 9.97 Å². The van der Waals surface area contributed by atoms with Crippen LogP contribution >= 0.6 is 0 Å². The number of benzene rings is 1. The predicted molar refractivity (Wildman–Crippen MR) is 106 cm³/mol. The zero-order valence-corrected chi connectivity index (χ0v) is 15.7. The van der Waals surface area contributed by atoms with Crippen molar-refractivity contribution in [2.24, 2.45) is 0 Å². The maximum absolute atomic E-state index is 12.8. The van der Waals surface area contributed by atoms with E-state index < -0.39 is 5.54 Å². The van der Waals surface area contributed by atoms with Crippen molar-refractivity contribution in [3.63, 3.8) is 0 Å². The Hall–Kier alpha value is -2.63. The van der Waals surface area contributed by atoms with E-state index in [4.69, 9.17) is 4.98 Å². The highest BCUT2D eigenvalue weighted by atomic mass is 16.2. The van der Waals surface area contributed by atoms with E-state index in [1.807, 2.05) is 31.2 Å². The van der Waals surface area contributed by atoms with Crippen LogP contribution in [0.25, 0.3) is 0 Å². The second-order valence-corrected chi connectivity index (χ2v) is 8.06. The minimum atomic E-state index is -0.536. The maximum atomic E-state index is 12.8. The van der Waals surface area contributed by atoms with Gasteiger partial charge in [0, 0.05) is 30.4 Å². The number of hydrogen-bond donors (Lipinski definition) is 2. The molecule has 3 heterocycles. The highest BCUT2D eigenvalue weighted by Crippen LogP contribution is 2.38. The molecule has 0 radical (unpaired) electrons. The van der Waals surface area contributed by atoms with E-state index in [1.165, 1.54) is 25.0 Å². The molecular weight excluding hydrogens is 338 g/mol. The van der Waals surface area contributed by atoms with Crippen molar-refractivity contribution in [2.45, 2.75) is 50.5 Å². The molecule has 3 aliphatic rings. The minimum Gasteiger partial charge on any atom is -0.369 e. The molecule has 1 saturated carbocycles. The fraction of sp³-hybridized carbons (Fsp3) is 0.476. The summed E-state index contributed by atoms with van der Waals surface area (Å²) in [5.41, 5.74) is 3.55. The van der Waals surface area contributed by atoms with Gasteiger partial charge in [-0.15, -0.1) is 0 Å². The van der Waals surface area contributed by atoms with Gasteiger partial charge in [0.25, 0.3) is 0 Å². The second kappa shape index (κ2) is 6.22. The minimum absolute atomic E-state index is 0.0705. The standard InChI is InChI=1S/C21H25N5O/c1-14-13-18(15-5-4-6-15)24-20(22-14)26-11-9-21(10-12-26)19(27)23-16-7-2-3-8-17(16)25-21/h2-3,7-8,13,15,25H,4-6,9-12H2,1H3,(H,23,27). The molecule has 2 aromatic rings. The number of fused-ring (bicyclic) bond motifs is 1. The van der Waals surface area contributed by atoms with Crippen LogP contribution in [0.15, 0.2) is 30.3 Å². The van der Waals surface area contributed by atoms with Gasteiger partial charge >= 0.3 is 0 Å². The molecule has 1 saturated heterocycles. The van der Waals surface area contributed by atoms with Crippen LogP contribution in [0.5, 0.6) is 0 Å². The van der Waals surface area contributed by atoms with Crippen LogP contribution in [0.3, 0.4) is 0 Å². The monoisotopic (exact) mass is 363 g/mol. The van der Waals surface area contributed by atoms with Gasteiger partial charge in [0.1, 0.15) is 5.54 Å². The summed E-state index contributed by atoms with van der Waals surface area (Å²) in [5.74, 6) is 1.49. The number of aromatic nitrogens is 2. The van der Waals surface area contributed by atoms with Crippen LogP contribution in [0.2, 0.25) is 0 Å². The van der Waals surface area contributed by atoms with Gasteiger partial charge in [0.15, 0.2) is 0 Å². The maximum Gasteiger partial charge on any atom is 0.250 e. The Balaban J connectivity index is 1.35. The van der Waals surface area contributed by atoms with Crippen molar-refractivity contribution in [1.82, 2.24) is 9.97 Å². The lowest BCUT2D eigenvalue weighted by atomic mass is 9.82. The molecular formula is C21H25N5O. The Bertz CT molecular complexity index is 884. The molecule has 1 aromatic carbocycles. The fourth-order valence-corrected chi connectivity index (χ4v) is 4.33. The lowest BCUT2D eigenvalue weighted by Gasteiger charge is -2.44. The van der Waals surface area contributed by atoms with Crippen LogP contribution in [0.4, 0.5) is 17.3 Å².